The van der Waals surface area contributed by atoms with E-state index in [1.165, 1.54) is 51.4 Å². The van der Waals surface area contributed by atoms with E-state index in [0.29, 0.717) is 40.6 Å². The van der Waals surface area contributed by atoms with Gasteiger partial charge < -0.3 is 9.84 Å². The van der Waals surface area contributed by atoms with Crippen molar-refractivity contribution in [2.75, 3.05) is 7.11 Å². The van der Waals surface area contributed by atoms with Gasteiger partial charge in [0.05, 0.1) is 6.10 Å². The van der Waals surface area contributed by atoms with Crippen molar-refractivity contribution in [2.45, 2.75) is 84.7 Å². The Labute approximate surface area is 164 Å². The van der Waals surface area contributed by atoms with Crippen LogP contribution in [0, 0.1) is 51.8 Å². The molecule has 2 unspecified atom stereocenters. The molecular weight excluding hydrogens is 336 g/mol. The number of carbonyl (C=O) groups is 1. The summed E-state index contributed by atoms with van der Waals surface area (Å²) in [4.78, 5) is 11.3. The molecule has 152 valence electrons. The van der Waals surface area contributed by atoms with Gasteiger partial charge in [0, 0.05) is 18.9 Å². The smallest absolute Gasteiger partial charge is 0.303 e. The molecule has 0 bridgehead atoms. The minimum atomic E-state index is -0.625. The molecule has 0 aliphatic heterocycles. The number of rotatable bonds is 4. The molecule has 1 spiro atoms. The van der Waals surface area contributed by atoms with Gasteiger partial charge in [-0.3, -0.25) is 4.79 Å². The second-order valence-corrected chi connectivity index (χ2v) is 11.5. The third kappa shape index (κ3) is 2.16. The van der Waals surface area contributed by atoms with Crippen LogP contribution >= 0.6 is 0 Å². The van der Waals surface area contributed by atoms with Crippen LogP contribution in [0.3, 0.4) is 0 Å². The Hall–Kier alpha value is -0.570. The van der Waals surface area contributed by atoms with Gasteiger partial charge in [-0.25, -0.2) is 0 Å². The molecule has 0 radical (unpaired) electrons. The second-order valence-electron chi connectivity index (χ2n) is 11.5. The monoisotopic (exact) mass is 374 g/mol. The van der Waals surface area contributed by atoms with Crippen molar-refractivity contribution >= 4 is 5.97 Å². The van der Waals surface area contributed by atoms with Gasteiger partial charge in [0.25, 0.3) is 0 Å². The lowest BCUT2D eigenvalue weighted by molar-refractivity contribution is -0.161. The van der Waals surface area contributed by atoms with Crippen molar-refractivity contribution in [2.24, 2.45) is 51.8 Å². The first-order valence-electron chi connectivity index (χ1n) is 11.5. The van der Waals surface area contributed by atoms with Crippen molar-refractivity contribution in [1.82, 2.24) is 0 Å². The number of fused-ring (bicyclic) bond motifs is 4. The predicted molar refractivity (Wildman–Crippen MR) is 105 cm³/mol. The first-order chi connectivity index (χ1) is 12.8. The van der Waals surface area contributed by atoms with Crippen LogP contribution < -0.4 is 0 Å². The molecule has 1 N–H and O–H groups in total. The van der Waals surface area contributed by atoms with Crippen molar-refractivity contribution in [3.63, 3.8) is 0 Å². The van der Waals surface area contributed by atoms with E-state index in [0.717, 1.165) is 23.7 Å². The average molecular weight is 375 g/mol. The Morgan fingerprint density at radius 2 is 1.93 bits per heavy atom. The molecule has 0 aromatic heterocycles. The fourth-order valence-corrected chi connectivity index (χ4v) is 9.97. The van der Waals surface area contributed by atoms with E-state index < -0.39 is 5.97 Å². The number of carboxylic acids is 1. The molecule has 0 aromatic rings. The molecule has 5 rings (SSSR count). The largest absolute Gasteiger partial charge is 0.481 e. The molecule has 5 saturated carbocycles. The van der Waals surface area contributed by atoms with E-state index in [9.17, 15) is 9.90 Å². The normalized spacial score (nSPS) is 56.6. The summed E-state index contributed by atoms with van der Waals surface area (Å²) in [7, 11) is 1.96. The average Bonchev–Trinajstić information content (AvgIpc) is 3.11. The molecule has 5 aliphatic rings. The Kier molecular flexibility index (Phi) is 3.92. The molecule has 0 aromatic carbocycles. The second kappa shape index (κ2) is 5.74. The molecule has 0 amide bonds. The van der Waals surface area contributed by atoms with E-state index in [1.54, 1.807) is 0 Å². The molecule has 5 aliphatic carbocycles. The Morgan fingerprint density at radius 3 is 2.59 bits per heavy atom. The third-order valence-electron chi connectivity index (χ3n) is 11.1. The number of aliphatic carboxylic acids is 1. The maximum absolute atomic E-state index is 11.3. The zero-order chi connectivity index (χ0) is 19.2. The van der Waals surface area contributed by atoms with Crippen molar-refractivity contribution < 1.29 is 14.6 Å². The van der Waals surface area contributed by atoms with Crippen LogP contribution in [0.1, 0.15) is 78.6 Å². The summed E-state index contributed by atoms with van der Waals surface area (Å²) in [5.74, 6) is 3.66. The standard InChI is InChI=1S/C24H38O3/c1-14(11-21(25)26)17-5-6-18-16-12-20(27-4)24-13-15(24)7-10-23(24,3)19(16)8-9-22(17,18)2/h14-20H,5-13H2,1-4H3,(H,25,26)/t14-,15-,16+,17-,18+,19+,20?,22-,23-,24?/m1/s1. The first kappa shape index (κ1) is 18.5. The lowest BCUT2D eigenvalue weighted by Crippen LogP contribution is -2.57. The summed E-state index contributed by atoms with van der Waals surface area (Å²) >= 11 is 0. The fourth-order valence-electron chi connectivity index (χ4n) is 9.97. The molecule has 0 saturated heterocycles. The molecule has 27 heavy (non-hydrogen) atoms. The minimum absolute atomic E-state index is 0.303. The molecular formula is C24H38O3. The number of hydrogen-bond donors (Lipinski definition) is 1. The van der Waals surface area contributed by atoms with E-state index in [2.05, 4.69) is 20.8 Å². The van der Waals surface area contributed by atoms with Gasteiger partial charge in [0.2, 0.25) is 0 Å². The molecule has 3 heteroatoms. The van der Waals surface area contributed by atoms with Crippen molar-refractivity contribution in [3.05, 3.63) is 0 Å². The van der Waals surface area contributed by atoms with Gasteiger partial charge in [-0.05, 0) is 97.7 Å². The number of carboxylic acid groups (broad SMARTS) is 1. The van der Waals surface area contributed by atoms with Crippen molar-refractivity contribution in [3.8, 4) is 0 Å². The Balaban J connectivity index is 1.45. The highest BCUT2D eigenvalue weighted by atomic mass is 16.5. The summed E-state index contributed by atoms with van der Waals surface area (Å²) < 4.78 is 6.19. The van der Waals surface area contributed by atoms with Crippen LogP contribution in [0.25, 0.3) is 0 Å². The highest BCUT2D eigenvalue weighted by Gasteiger charge is 2.77. The summed E-state index contributed by atoms with van der Waals surface area (Å²) in [5.41, 5.74) is 1.34. The molecule has 5 fully saturated rings. The SMILES string of the molecule is COC1C[C@H]2[C@@H]3CC[C@H]([C@H](C)CC(=O)O)[C@@]3(C)CC[C@@H]2[C@@]2(C)CC[C@@H]3CC132. The van der Waals surface area contributed by atoms with Crippen LogP contribution in [0.5, 0.6) is 0 Å². The van der Waals surface area contributed by atoms with E-state index in [1.807, 2.05) is 7.11 Å². The number of methoxy groups -OCH3 is 1. The molecule has 3 nitrogen and oxygen atoms in total. The maximum Gasteiger partial charge on any atom is 0.303 e. The van der Waals surface area contributed by atoms with Crippen LogP contribution in [0.2, 0.25) is 0 Å². The topological polar surface area (TPSA) is 46.5 Å². The minimum Gasteiger partial charge on any atom is -0.481 e. The highest BCUT2D eigenvalue weighted by Crippen LogP contribution is 2.82. The van der Waals surface area contributed by atoms with Crippen LogP contribution in [0.4, 0.5) is 0 Å². The molecule has 0 heterocycles. The summed E-state index contributed by atoms with van der Waals surface area (Å²) in [5, 5.41) is 9.33. The fraction of sp³-hybridized carbons (Fsp3) is 0.958. The predicted octanol–water partition coefficient (Wildman–Crippen LogP) is 5.38. The van der Waals surface area contributed by atoms with Gasteiger partial charge >= 0.3 is 5.97 Å². The summed E-state index contributed by atoms with van der Waals surface area (Å²) in [6.45, 7) is 7.34. The van der Waals surface area contributed by atoms with Gasteiger partial charge in [-0.1, -0.05) is 20.8 Å². The Bertz CT molecular complexity index is 646. The zero-order valence-electron chi connectivity index (χ0n) is 17.7. The van der Waals surface area contributed by atoms with Gasteiger partial charge in [-0.15, -0.1) is 0 Å². The third-order valence-corrected chi connectivity index (χ3v) is 11.1. The van der Waals surface area contributed by atoms with E-state index in [-0.39, 0.29) is 0 Å². The lowest BCUT2D eigenvalue weighted by atomic mass is 9.45. The van der Waals surface area contributed by atoms with E-state index >= 15 is 0 Å². The van der Waals surface area contributed by atoms with E-state index in [4.69, 9.17) is 4.74 Å². The first-order valence-corrected chi connectivity index (χ1v) is 11.5. The van der Waals surface area contributed by atoms with Gasteiger partial charge in [0.15, 0.2) is 0 Å². The van der Waals surface area contributed by atoms with Gasteiger partial charge in [0.1, 0.15) is 0 Å². The maximum atomic E-state index is 11.3. The number of hydrogen-bond acceptors (Lipinski definition) is 2. The number of ether oxygens (including phenoxy) is 1. The molecule has 10 atom stereocenters. The van der Waals surface area contributed by atoms with Crippen LogP contribution in [-0.4, -0.2) is 24.3 Å². The summed E-state index contributed by atoms with van der Waals surface area (Å²) in [6, 6.07) is 0. The van der Waals surface area contributed by atoms with Crippen molar-refractivity contribution in [1.29, 1.82) is 0 Å². The lowest BCUT2D eigenvalue weighted by Gasteiger charge is -2.61. The quantitative estimate of drug-likeness (QED) is 0.718. The zero-order valence-corrected chi connectivity index (χ0v) is 17.7. The Morgan fingerprint density at radius 1 is 1.15 bits per heavy atom. The highest BCUT2D eigenvalue weighted by molar-refractivity contribution is 5.67. The summed E-state index contributed by atoms with van der Waals surface area (Å²) in [6.07, 6.45) is 11.6. The van der Waals surface area contributed by atoms with Gasteiger partial charge in [-0.2, -0.15) is 0 Å². The van der Waals surface area contributed by atoms with Crippen LogP contribution in [0.15, 0.2) is 0 Å². The van der Waals surface area contributed by atoms with Crippen LogP contribution in [-0.2, 0) is 9.53 Å².